The van der Waals surface area contributed by atoms with Crippen molar-refractivity contribution in [2.24, 2.45) is 0 Å². The SMILES string of the molecule is Nc1ncccc1-c1nc2ccc(-c3cccc(=O)[nH]3)nc2n1-c1ccc(CN2CCNCC2)cc1. The predicted octanol–water partition coefficient (Wildman–Crippen LogP) is 2.83. The minimum Gasteiger partial charge on any atom is -0.383 e. The first-order chi connectivity index (χ1) is 17.7. The van der Waals surface area contributed by atoms with Crippen molar-refractivity contribution in [2.75, 3.05) is 31.9 Å². The monoisotopic (exact) mass is 478 g/mol. The van der Waals surface area contributed by atoms with Gasteiger partial charge in [0.2, 0.25) is 5.56 Å². The average Bonchev–Trinajstić information content (AvgIpc) is 3.28. The summed E-state index contributed by atoms with van der Waals surface area (Å²) < 4.78 is 2.00. The van der Waals surface area contributed by atoms with Crippen molar-refractivity contribution in [3.8, 4) is 28.5 Å². The van der Waals surface area contributed by atoms with Crippen LogP contribution in [-0.4, -0.2) is 55.6 Å². The highest BCUT2D eigenvalue weighted by molar-refractivity contribution is 5.84. The number of pyridine rings is 3. The largest absolute Gasteiger partial charge is 0.383 e. The number of H-pyrrole nitrogens is 1. The lowest BCUT2D eigenvalue weighted by molar-refractivity contribution is 0.233. The van der Waals surface area contributed by atoms with Gasteiger partial charge in [-0.1, -0.05) is 18.2 Å². The highest BCUT2D eigenvalue weighted by atomic mass is 16.1. The second kappa shape index (κ2) is 9.37. The number of hydrogen-bond acceptors (Lipinski definition) is 7. The molecule has 0 aliphatic carbocycles. The molecule has 180 valence electrons. The number of nitrogen functional groups attached to an aromatic ring is 1. The number of aromatic amines is 1. The van der Waals surface area contributed by atoms with Gasteiger partial charge in [0, 0.05) is 50.7 Å². The van der Waals surface area contributed by atoms with E-state index in [1.807, 2.05) is 34.9 Å². The summed E-state index contributed by atoms with van der Waals surface area (Å²) in [5.41, 5.74) is 11.7. The highest BCUT2D eigenvalue weighted by Gasteiger charge is 2.19. The Morgan fingerprint density at radius 3 is 2.53 bits per heavy atom. The Morgan fingerprint density at radius 1 is 0.917 bits per heavy atom. The van der Waals surface area contributed by atoms with Crippen LogP contribution in [0.4, 0.5) is 5.82 Å². The van der Waals surface area contributed by atoms with Crippen molar-refractivity contribution < 1.29 is 0 Å². The van der Waals surface area contributed by atoms with Crippen LogP contribution in [0.15, 0.2) is 77.7 Å². The van der Waals surface area contributed by atoms with Gasteiger partial charge in [-0.15, -0.1) is 0 Å². The van der Waals surface area contributed by atoms with Crippen molar-refractivity contribution >= 4 is 17.0 Å². The highest BCUT2D eigenvalue weighted by Crippen LogP contribution is 2.31. The van der Waals surface area contributed by atoms with E-state index in [4.69, 9.17) is 15.7 Å². The van der Waals surface area contributed by atoms with E-state index >= 15 is 0 Å². The molecule has 0 unspecified atom stereocenters. The third kappa shape index (κ3) is 4.26. The average molecular weight is 479 g/mol. The lowest BCUT2D eigenvalue weighted by atomic mass is 10.1. The van der Waals surface area contributed by atoms with Crippen LogP contribution < -0.4 is 16.6 Å². The summed E-state index contributed by atoms with van der Waals surface area (Å²) in [4.78, 5) is 31.3. The summed E-state index contributed by atoms with van der Waals surface area (Å²) in [6.07, 6.45) is 1.67. The van der Waals surface area contributed by atoms with Crippen LogP contribution in [0.1, 0.15) is 5.56 Å². The first kappa shape index (κ1) is 22.1. The number of anilines is 1. The molecule has 1 aromatic carbocycles. The fourth-order valence-corrected chi connectivity index (χ4v) is 4.61. The molecule has 0 atom stereocenters. The van der Waals surface area contributed by atoms with E-state index in [2.05, 4.69) is 44.5 Å². The number of piperazine rings is 1. The fraction of sp³-hybridized carbons (Fsp3) is 0.185. The van der Waals surface area contributed by atoms with Crippen molar-refractivity contribution in [1.82, 2.24) is 34.7 Å². The summed E-state index contributed by atoms with van der Waals surface area (Å²) in [6, 6.07) is 21.0. The molecule has 6 rings (SSSR count). The Hall–Kier alpha value is -4.34. The van der Waals surface area contributed by atoms with E-state index in [1.165, 1.54) is 11.6 Å². The van der Waals surface area contributed by atoms with E-state index in [0.29, 0.717) is 28.7 Å². The van der Waals surface area contributed by atoms with Crippen LogP contribution >= 0.6 is 0 Å². The maximum atomic E-state index is 11.9. The Balaban J connectivity index is 1.47. The molecule has 5 aromatic rings. The molecule has 1 aliphatic heterocycles. The van der Waals surface area contributed by atoms with Crippen molar-refractivity contribution in [3.05, 3.63) is 88.8 Å². The van der Waals surface area contributed by atoms with Crippen molar-refractivity contribution in [1.29, 1.82) is 0 Å². The van der Waals surface area contributed by atoms with Gasteiger partial charge in [-0.25, -0.2) is 15.0 Å². The Kier molecular flexibility index (Phi) is 5.76. The van der Waals surface area contributed by atoms with Gasteiger partial charge in [0.25, 0.3) is 0 Å². The van der Waals surface area contributed by atoms with E-state index in [0.717, 1.165) is 49.5 Å². The van der Waals surface area contributed by atoms with E-state index in [9.17, 15) is 4.79 Å². The predicted molar refractivity (Wildman–Crippen MR) is 141 cm³/mol. The summed E-state index contributed by atoms with van der Waals surface area (Å²) in [6.45, 7) is 5.06. The Bertz CT molecular complexity index is 1580. The topological polar surface area (TPSA) is 118 Å². The second-order valence-electron chi connectivity index (χ2n) is 8.87. The number of nitrogens with two attached hydrogens (primary N) is 1. The minimum atomic E-state index is -0.174. The molecule has 1 aliphatic rings. The number of fused-ring (bicyclic) bond motifs is 1. The quantitative estimate of drug-likeness (QED) is 0.356. The zero-order chi connectivity index (χ0) is 24.5. The Morgan fingerprint density at radius 2 is 1.75 bits per heavy atom. The van der Waals surface area contributed by atoms with Crippen LogP contribution in [0, 0.1) is 0 Å². The van der Waals surface area contributed by atoms with Crippen LogP contribution in [-0.2, 0) is 6.54 Å². The van der Waals surface area contributed by atoms with E-state index < -0.39 is 0 Å². The van der Waals surface area contributed by atoms with E-state index in [-0.39, 0.29) is 5.56 Å². The van der Waals surface area contributed by atoms with E-state index in [1.54, 1.807) is 12.3 Å². The zero-order valence-electron chi connectivity index (χ0n) is 19.7. The third-order valence-electron chi connectivity index (χ3n) is 6.44. The van der Waals surface area contributed by atoms with Crippen molar-refractivity contribution in [2.45, 2.75) is 6.54 Å². The number of imidazole rings is 1. The smallest absolute Gasteiger partial charge is 0.248 e. The van der Waals surface area contributed by atoms with Gasteiger partial charge in [0.05, 0.1) is 17.0 Å². The summed E-state index contributed by atoms with van der Waals surface area (Å²) in [5.74, 6) is 1.06. The molecule has 9 nitrogen and oxygen atoms in total. The molecule has 0 radical (unpaired) electrons. The van der Waals surface area contributed by atoms with Gasteiger partial charge >= 0.3 is 0 Å². The molecule has 0 amide bonds. The molecule has 1 saturated heterocycles. The van der Waals surface area contributed by atoms with Crippen LogP contribution in [0.25, 0.3) is 39.6 Å². The molecular formula is C27H26N8O. The van der Waals surface area contributed by atoms with Crippen LogP contribution in [0.3, 0.4) is 0 Å². The molecule has 36 heavy (non-hydrogen) atoms. The molecule has 9 heteroatoms. The number of nitrogens with zero attached hydrogens (tertiary/aromatic N) is 5. The van der Waals surface area contributed by atoms with Gasteiger partial charge in [-0.05, 0) is 48.0 Å². The first-order valence-electron chi connectivity index (χ1n) is 12.0. The molecule has 0 spiro atoms. The van der Waals surface area contributed by atoms with Crippen LogP contribution in [0.2, 0.25) is 0 Å². The minimum absolute atomic E-state index is 0.174. The first-order valence-corrected chi connectivity index (χ1v) is 12.0. The second-order valence-corrected chi connectivity index (χ2v) is 8.87. The lowest BCUT2D eigenvalue weighted by Crippen LogP contribution is -2.42. The fourth-order valence-electron chi connectivity index (χ4n) is 4.61. The zero-order valence-corrected chi connectivity index (χ0v) is 19.7. The van der Waals surface area contributed by atoms with Gasteiger partial charge in [0.1, 0.15) is 11.3 Å². The van der Waals surface area contributed by atoms with Gasteiger partial charge < -0.3 is 16.0 Å². The molecule has 4 aromatic heterocycles. The normalized spacial score (nSPS) is 14.3. The third-order valence-corrected chi connectivity index (χ3v) is 6.44. The molecular weight excluding hydrogens is 452 g/mol. The van der Waals surface area contributed by atoms with Gasteiger partial charge in [-0.3, -0.25) is 14.3 Å². The molecule has 4 N–H and O–H groups in total. The summed E-state index contributed by atoms with van der Waals surface area (Å²) in [7, 11) is 0. The number of aromatic nitrogens is 5. The maximum absolute atomic E-state index is 11.9. The summed E-state index contributed by atoms with van der Waals surface area (Å²) >= 11 is 0. The maximum Gasteiger partial charge on any atom is 0.248 e. The molecule has 0 saturated carbocycles. The van der Waals surface area contributed by atoms with Crippen molar-refractivity contribution in [3.63, 3.8) is 0 Å². The number of rotatable bonds is 5. The molecule has 0 bridgehead atoms. The number of nitrogens with one attached hydrogen (secondary N) is 2. The molecule has 1 fully saturated rings. The number of hydrogen-bond donors (Lipinski definition) is 3. The molecule has 5 heterocycles. The number of benzene rings is 1. The summed E-state index contributed by atoms with van der Waals surface area (Å²) in [5, 5.41) is 3.40. The van der Waals surface area contributed by atoms with Crippen LogP contribution in [0.5, 0.6) is 0 Å². The standard InChI is InChI=1S/C27H26N8O/c28-25-20(3-2-12-30-25)26-33-23-11-10-22(21-4-1-5-24(36)31-21)32-27(23)35(26)19-8-6-18(7-9-19)17-34-15-13-29-14-16-34/h1-12,29H,13-17H2,(H2,28,30)(H,31,36). The van der Waals surface area contributed by atoms with Gasteiger partial charge in [-0.2, -0.15) is 0 Å². The Labute approximate surface area is 207 Å². The lowest BCUT2D eigenvalue weighted by Gasteiger charge is -2.27. The van der Waals surface area contributed by atoms with Gasteiger partial charge in [0.15, 0.2) is 11.5 Å².